The van der Waals surface area contributed by atoms with Gasteiger partial charge in [0.05, 0.1) is 0 Å². The number of hydrogen-bond acceptors (Lipinski definition) is 5. The van der Waals surface area contributed by atoms with E-state index in [9.17, 15) is 9.59 Å². The van der Waals surface area contributed by atoms with E-state index < -0.39 is 5.69 Å². The van der Waals surface area contributed by atoms with Gasteiger partial charge in [-0.1, -0.05) is 0 Å². The van der Waals surface area contributed by atoms with Gasteiger partial charge in [-0.05, 0) is 32.2 Å². The number of aryl methyl sites for hydroxylation is 1. The van der Waals surface area contributed by atoms with E-state index in [4.69, 9.17) is 5.73 Å². The lowest BCUT2D eigenvalue weighted by atomic mass is 9.99. The van der Waals surface area contributed by atoms with Gasteiger partial charge in [0.2, 0.25) is 5.82 Å². The third kappa shape index (κ3) is 2.56. The molecule has 1 unspecified atom stereocenters. The van der Waals surface area contributed by atoms with Crippen LogP contribution in [0.15, 0.2) is 9.59 Å². The van der Waals surface area contributed by atoms with Crippen molar-refractivity contribution in [2.45, 2.75) is 31.7 Å². The van der Waals surface area contributed by atoms with Gasteiger partial charge >= 0.3 is 5.69 Å². The summed E-state index contributed by atoms with van der Waals surface area (Å²) < 4.78 is 2.32. The third-order valence-electron chi connectivity index (χ3n) is 3.70. The first-order chi connectivity index (χ1) is 9.06. The molecule has 2 heterocycles. The molecule has 0 bridgehead atoms. The zero-order chi connectivity index (χ0) is 14.0. The van der Waals surface area contributed by atoms with Gasteiger partial charge < -0.3 is 10.6 Å². The molecule has 0 aromatic carbocycles. The molecule has 7 nitrogen and oxygen atoms in total. The standard InChI is InChI=1S/C12H21N5O2/c1-15-11(18)10(14-16(2)12(15)19)17-8-4-3-5-9(17)6-7-13/h9H,3-8,13H2,1-2H3. The average molecular weight is 267 g/mol. The van der Waals surface area contributed by atoms with Crippen LogP contribution in [0.5, 0.6) is 0 Å². The summed E-state index contributed by atoms with van der Waals surface area (Å²) in [6.07, 6.45) is 4.04. The predicted molar refractivity (Wildman–Crippen MR) is 73.4 cm³/mol. The van der Waals surface area contributed by atoms with Gasteiger partial charge in [-0.25, -0.2) is 9.48 Å². The second-order valence-corrected chi connectivity index (χ2v) is 5.01. The van der Waals surface area contributed by atoms with Crippen LogP contribution in [0.3, 0.4) is 0 Å². The molecule has 7 heteroatoms. The molecule has 1 atom stereocenters. The van der Waals surface area contributed by atoms with Crippen LogP contribution in [0.2, 0.25) is 0 Å². The topological polar surface area (TPSA) is 86.2 Å². The van der Waals surface area contributed by atoms with E-state index in [0.29, 0.717) is 12.4 Å². The summed E-state index contributed by atoms with van der Waals surface area (Å²) in [6, 6.07) is 0.247. The molecule has 0 spiro atoms. The van der Waals surface area contributed by atoms with E-state index in [-0.39, 0.29) is 11.6 Å². The summed E-state index contributed by atoms with van der Waals surface area (Å²) in [6.45, 7) is 1.39. The molecule has 1 aromatic rings. The smallest absolute Gasteiger partial charge is 0.346 e. The van der Waals surface area contributed by atoms with E-state index in [1.54, 1.807) is 7.05 Å². The molecular formula is C12H21N5O2. The van der Waals surface area contributed by atoms with Gasteiger partial charge in [0.1, 0.15) is 0 Å². The van der Waals surface area contributed by atoms with Crippen LogP contribution in [-0.4, -0.2) is 33.5 Å². The van der Waals surface area contributed by atoms with Gasteiger partial charge in [-0.2, -0.15) is 0 Å². The lowest BCUT2D eigenvalue weighted by Crippen LogP contribution is -2.48. The van der Waals surface area contributed by atoms with Gasteiger partial charge in [0.15, 0.2) is 0 Å². The third-order valence-corrected chi connectivity index (χ3v) is 3.70. The summed E-state index contributed by atoms with van der Waals surface area (Å²) in [7, 11) is 3.05. The zero-order valence-electron chi connectivity index (χ0n) is 11.5. The number of hydrogen-bond donors (Lipinski definition) is 1. The van der Waals surface area contributed by atoms with Gasteiger partial charge in [0.25, 0.3) is 5.56 Å². The Morgan fingerprint density at radius 3 is 2.74 bits per heavy atom. The average Bonchev–Trinajstić information content (AvgIpc) is 2.42. The maximum atomic E-state index is 12.2. The van der Waals surface area contributed by atoms with Crippen LogP contribution in [0.1, 0.15) is 25.7 Å². The molecule has 1 saturated heterocycles. The Labute approximate surface area is 111 Å². The fourth-order valence-corrected chi connectivity index (χ4v) is 2.63. The lowest BCUT2D eigenvalue weighted by Gasteiger charge is -2.36. The number of rotatable bonds is 3. The molecule has 0 amide bonds. The van der Waals surface area contributed by atoms with Crippen LogP contribution >= 0.6 is 0 Å². The van der Waals surface area contributed by atoms with Crippen molar-refractivity contribution in [3.63, 3.8) is 0 Å². The van der Waals surface area contributed by atoms with Crippen LogP contribution in [0.4, 0.5) is 5.82 Å². The highest BCUT2D eigenvalue weighted by Gasteiger charge is 2.26. The second-order valence-electron chi connectivity index (χ2n) is 5.01. The van der Waals surface area contributed by atoms with Crippen molar-refractivity contribution >= 4 is 5.82 Å². The first-order valence-electron chi connectivity index (χ1n) is 6.67. The Bertz CT molecular complexity index is 560. The van der Waals surface area contributed by atoms with Crippen molar-refractivity contribution in [3.8, 4) is 0 Å². The van der Waals surface area contributed by atoms with Gasteiger partial charge in [-0.15, -0.1) is 5.10 Å². The molecule has 1 fully saturated rings. The van der Waals surface area contributed by atoms with Crippen molar-refractivity contribution in [2.24, 2.45) is 19.8 Å². The van der Waals surface area contributed by atoms with Crippen LogP contribution in [-0.2, 0) is 14.1 Å². The largest absolute Gasteiger partial charge is 0.348 e. The molecule has 0 radical (unpaired) electrons. The molecular weight excluding hydrogens is 246 g/mol. The molecule has 0 aliphatic carbocycles. The Morgan fingerprint density at radius 2 is 2.05 bits per heavy atom. The van der Waals surface area contributed by atoms with E-state index in [1.807, 2.05) is 4.90 Å². The molecule has 1 aromatic heterocycles. The van der Waals surface area contributed by atoms with Crippen molar-refractivity contribution in [1.29, 1.82) is 0 Å². The summed E-state index contributed by atoms with van der Waals surface area (Å²) in [5.74, 6) is 0.364. The number of nitrogens with zero attached hydrogens (tertiary/aromatic N) is 4. The quantitative estimate of drug-likeness (QED) is 0.774. The minimum absolute atomic E-state index is 0.247. The highest BCUT2D eigenvalue weighted by atomic mass is 16.2. The summed E-state index contributed by atoms with van der Waals surface area (Å²) in [5.41, 5.74) is 4.91. The van der Waals surface area contributed by atoms with Crippen molar-refractivity contribution < 1.29 is 0 Å². The van der Waals surface area contributed by atoms with Gasteiger partial charge in [-0.3, -0.25) is 9.36 Å². The predicted octanol–water partition coefficient (Wildman–Crippen LogP) is -0.813. The number of aromatic nitrogens is 3. The normalized spacial score (nSPS) is 19.7. The van der Waals surface area contributed by atoms with Crippen molar-refractivity contribution in [3.05, 3.63) is 20.8 Å². The molecule has 106 valence electrons. The van der Waals surface area contributed by atoms with E-state index >= 15 is 0 Å². The molecule has 0 saturated carbocycles. The zero-order valence-corrected chi connectivity index (χ0v) is 11.5. The van der Waals surface area contributed by atoms with Gasteiger partial charge in [0, 0.05) is 26.7 Å². The number of piperidine rings is 1. The minimum atomic E-state index is -0.402. The fraction of sp³-hybridized carbons (Fsp3) is 0.750. The highest BCUT2D eigenvalue weighted by Crippen LogP contribution is 2.22. The van der Waals surface area contributed by atoms with Crippen molar-refractivity contribution in [1.82, 2.24) is 14.3 Å². The molecule has 1 aliphatic heterocycles. The summed E-state index contributed by atoms with van der Waals surface area (Å²) in [4.78, 5) is 25.9. The lowest BCUT2D eigenvalue weighted by molar-refractivity contribution is 0.430. The Hall–Kier alpha value is -1.63. The maximum absolute atomic E-state index is 12.2. The summed E-state index contributed by atoms with van der Waals surface area (Å²) >= 11 is 0. The van der Waals surface area contributed by atoms with E-state index in [0.717, 1.165) is 36.8 Å². The SMILES string of the molecule is Cn1nc(N2CCCCC2CCN)c(=O)n(C)c1=O. The molecule has 2 rings (SSSR count). The maximum Gasteiger partial charge on any atom is 0.346 e. The Kier molecular flexibility index (Phi) is 4.04. The van der Waals surface area contributed by atoms with Crippen LogP contribution < -0.4 is 21.9 Å². The molecule has 1 aliphatic rings. The van der Waals surface area contributed by atoms with E-state index in [1.165, 1.54) is 11.7 Å². The fourth-order valence-electron chi connectivity index (χ4n) is 2.63. The monoisotopic (exact) mass is 267 g/mol. The first kappa shape index (κ1) is 13.8. The van der Waals surface area contributed by atoms with E-state index in [2.05, 4.69) is 5.10 Å². The van der Waals surface area contributed by atoms with Crippen molar-refractivity contribution in [2.75, 3.05) is 18.0 Å². The summed E-state index contributed by atoms with van der Waals surface area (Å²) in [5, 5.41) is 4.15. The number of nitrogens with two attached hydrogens (primary N) is 1. The van der Waals surface area contributed by atoms with Crippen LogP contribution in [0, 0.1) is 0 Å². The Morgan fingerprint density at radius 1 is 1.32 bits per heavy atom. The second kappa shape index (κ2) is 5.56. The van der Waals surface area contributed by atoms with Crippen LogP contribution in [0.25, 0.3) is 0 Å². The molecule has 2 N–H and O–H groups in total. The first-order valence-corrected chi connectivity index (χ1v) is 6.67. The number of anilines is 1. The highest BCUT2D eigenvalue weighted by molar-refractivity contribution is 5.37. The Balaban J connectivity index is 2.45. The minimum Gasteiger partial charge on any atom is -0.348 e. The molecule has 19 heavy (non-hydrogen) atoms.